The summed E-state index contributed by atoms with van der Waals surface area (Å²) in [5.41, 5.74) is 9.43. The van der Waals surface area contributed by atoms with E-state index in [1.165, 1.54) is 21.9 Å². The number of fused-ring (bicyclic) bond motifs is 11. The smallest absolute Gasteiger partial charge is 0.220 e. The molecule has 2 aromatic heterocycles. The van der Waals surface area contributed by atoms with Gasteiger partial charge < -0.3 is 4.42 Å². The van der Waals surface area contributed by atoms with Crippen LogP contribution in [0.15, 0.2) is 132 Å². The van der Waals surface area contributed by atoms with E-state index < -0.39 is 0 Å². The summed E-state index contributed by atoms with van der Waals surface area (Å²) in [5, 5.41) is 4.59. The number of furan rings is 1. The van der Waals surface area contributed by atoms with Gasteiger partial charge in [0.15, 0.2) is 0 Å². The highest BCUT2D eigenvalue weighted by atomic mass is 16.3. The van der Waals surface area contributed by atoms with Crippen molar-refractivity contribution in [3.63, 3.8) is 0 Å². The van der Waals surface area contributed by atoms with Crippen molar-refractivity contribution in [2.45, 2.75) is 0 Å². The molecule has 1 aliphatic rings. The zero-order valence-corrected chi connectivity index (χ0v) is 20.9. The minimum Gasteiger partial charge on any atom is -0.456 e. The van der Waals surface area contributed by atoms with Crippen molar-refractivity contribution in [1.82, 2.24) is 9.55 Å². The van der Waals surface area contributed by atoms with Crippen LogP contribution < -0.4 is 4.90 Å². The van der Waals surface area contributed by atoms with Crippen LogP contribution in [0.4, 0.5) is 17.3 Å². The van der Waals surface area contributed by atoms with Crippen molar-refractivity contribution in [1.29, 1.82) is 0 Å². The third-order valence-corrected chi connectivity index (χ3v) is 7.90. The Balaban J connectivity index is 1.38. The molecule has 0 spiro atoms. The van der Waals surface area contributed by atoms with Gasteiger partial charge in [-0.05, 0) is 65.4 Å². The lowest BCUT2D eigenvalue weighted by Crippen LogP contribution is -2.14. The molecule has 3 heterocycles. The van der Waals surface area contributed by atoms with Crippen LogP contribution >= 0.6 is 0 Å². The molecule has 0 N–H and O–H groups in total. The Morgan fingerprint density at radius 1 is 0.538 bits per heavy atom. The molecule has 0 radical (unpaired) electrons. The fraction of sp³-hybridized carbons (Fsp3) is 0. The van der Waals surface area contributed by atoms with Gasteiger partial charge in [0.2, 0.25) is 5.95 Å². The van der Waals surface area contributed by atoms with Gasteiger partial charge >= 0.3 is 0 Å². The van der Waals surface area contributed by atoms with Gasteiger partial charge in [-0.1, -0.05) is 72.8 Å². The zero-order chi connectivity index (χ0) is 25.5. The van der Waals surface area contributed by atoms with E-state index >= 15 is 0 Å². The van der Waals surface area contributed by atoms with Gasteiger partial charge in [-0.2, -0.15) is 0 Å². The molecular weight excluding hydrogens is 478 g/mol. The molecule has 9 rings (SSSR count). The Morgan fingerprint density at radius 3 is 2.08 bits per heavy atom. The summed E-state index contributed by atoms with van der Waals surface area (Å²) in [4.78, 5) is 7.49. The van der Waals surface area contributed by atoms with Crippen LogP contribution in [0.3, 0.4) is 0 Å². The minimum atomic E-state index is 0.867. The average molecular weight is 500 g/mol. The van der Waals surface area contributed by atoms with E-state index in [0.29, 0.717) is 0 Å². The van der Waals surface area contributed by atoms with Crippen molar-refractivity contribution < 1.29 is 4.42 Å². The largest absolute Gasteiger partial charge is 0.456 e. The first-order valence-electron chi connectivity index (χ1n) is 13.1. The van der Waals surface area contributed by atoms with E-state index in [9.17, 15) is 0 Å². The fourth-order valence-electron chi connectivity index (χ4n) is 6.15. The number of aromatic nitrogens is 2. The van der Waals surface area contributed by atoms with Crippen LogP contribution in [-0.2, 0) is 0 Å². The standard InChI is InChI=1S/C35H21N3O/c1-2-10-23-20-34-27(19-22(23)9-1)28-21-24(17-18-33(28)39-34)37-30-14-6-3-11-25(30)26-12-4-7-15-31(26)38-32-16-8-5-13-29(32)36-35(37)38/h1-21H. The Hall–Kier alpha value is -5.35. The van der Waals surface area contributed by atoms with Gasteiger partial charge in [-0.25, -0.2) is 4.98 Å². The van der Waals surface area contributed by atoms with Crippen LogP contribution in [0.25, 0.3) is 60.6 Å². The van der Waals surface area contributed by atoms with Crippen molar-refractivity contribution in [3.8, 4) is 16.8 Å². The molecule has 0 bridgehead atoms. The number of nitrogens with zero attached hydrogens (tertiary/aromatic N) is 3. The van der Waals surface area contributed by atoms with E-state index in [0.717, 1.165) is 56.0 Å². The minimum absolute atomic E-state index is 0.867. The summed E-state index contributed by atoms with van der Waals surface area (Å²) in [6, 6.07) is 44.8. The van der Waals surface area contributed by atoms with E-state index in [4.69, 9.17) is 9.40 Å². The molecule has 0 saturated carbocycles. The Kier molecular flexibility index (Phi) is 4.02. The SMILES string of the molecule is c1ccc2c(c1)-c1ccccc1-n1c(nc3ccccc31)N2c1ccc2oc3cc4ccccc4cc3c2c1. The van der Waals surface area contributed by atoms with Crippen molar-refractivity contribution in [2.24, 2.45) is 0 Å². The number of benzene rings is 6. The van der Waals surface area contributed by atoms with Crippen LogP contribution in [-0.4, -0.2) is 9.55 Å². The normalized spacial score (nSPS) is 12.6. The third kappa shape index (κ3) is 2.85. The molecule has 0 unspecified atom stereocenters. The van der Waals surface area contributed by atoms with Crippen molar-refractivity contribution >= 4 is 61.1 Å². The molecule has 8 aromatic rings. The highest BCUT2D eigenvalue weighted by Crippen LogP contribution is 2.48. The van der Waals surface area contributed by atoms with Gasteiger partial charge in [0.1, 0.15) is 11.2 Å². The molecule has 0 saturated heterocycles. The summed E-state index contributed by atoms with van der Waals surface area (Å²) in [7, 11) is 0. The lowest BCUT2D eigenvalue weighted by atomic mass is 10.0. The van der Waals surface area contributed by atoms with Gasteiger partial charge in [-0.3, -0.25) is 9.47 Å². The Morgan fingerprint density at radius 2 is 1.21 bits per heavy atom. The maximum absolute atomic E-state index is 6.33. The highest BCUT2D eigenvalue weighted by Gasteiger charge is 2.29. The second-order valence-electron chi connectivity index (χ2n) is 10.1. The van der Waals surface area contributed by atoms with Crippen LogP contribution in [0.2, 0.25) is 0 Å². The first-order valence-corrected chi connectivity index (χ1v) is 13.1. The molecule has 1 aliphatic heterocycles. The lowest BCUT2D eigenvalue weighted by Gasteiger charge is -2.24. The third-order valence-electron chi connectivity index (χ3n) is 7.90. The quantitative estimate of drug-likeness (QED) is 0.225. The molecule has 39 heavy (non-hydrogen) atoms. The second kappa shape index (κ2) is 7.59. The Bertz CT molecular complexity index is 2250. The van der Waals surface area contributed by atoms with Crippen molar-refractivity contribution in [3.05, 3.63) is 127 Å². The molecule has 0 fully saturated rings. The predicted molar refractivity (Wildman–Crippen MR) is 160 cm³/mol. The molecule has 0 amide bonds. The molecule has 6 aromatic carbocycles. The first kappa shape index (κ1) is 20.7. The van der Waals surface area contributed by atoms with Crippen molar-refractivity contribution in [2.75, 3.05) is 4.90 Å². The summed E-state index contributed by atoms with van der Waals surface area (Å²) in [6.45, 7) is 0. The van der Waals surface area contributed by atoms with E-state index in [-0.39, 0.29) is 0 Å². The van der Waals surface area contributed by atoms with Gasteiger partial charge in [0, 0.05) is 27.6 Å². The van der Waals surface area contributed by atoms with E-state index in [2.05, 4.69) is 131 Å². The maximum atomic E-state index is 6.33. The summed E-state index contributed by atoms with van der Waals surface area (Å²) in [6.07, 6.45) is 0. The zero-order valence-electron chi connectivity index (χ0n) is 20.9. The predicted octanol–water partition coefficient (Wildman–Crippen LogP) is 9.53. The summed E-state index contributed by atoms with van der Waals surface area (Å²) >= 11 is 0. The molecule has 4 nitrogen and oxygen atoms in total. The summed E-state index contributed by atoms with van der Waals surface area (Å²) in [5.74, 6) is 0.867. The van der Waals surface area contributed by atoms with Gasteiger partial charge in [-0.15, -0.1) is 0 Å². The number of para-hydroxylation sites is 4. The van der Waals surface area contributed by atoms with Crippen LogP contribution in [0.1, 0.15) is 0 Å². The molecule has 0 aliphatic carbocycles. The first-order chi connectivity index (χ1) is 19.3. The maximum Gasteiger partial charge on any atom is 0.220 e. The van der Waals surface area contributed by atoms with E-state index in [1.54, 1.807) is 0 Å². The lowest BCUT2D eigenvalue weighted by molar-refractivity contribution is 0.669. The molecule has 0 atom stereocenters. The van der Waals surface area contributed by atoms with E-state index in [1.807, 2.05) is 6.07 Å². The average Bonchev–Trinajstić information content (AvgIpc) is 3.50. The van der Waals surface area contributed by atoms with Crippen LogP contribution in [0, 0.1) is 0 Å². The number of hydrogen-bond acceptors (Lipinski definition) is 3. The monoisotopic (exact) mass is 499 g/mol. The molecular formula is C35H21N3O. The second-order valence-corrected chi connectivity index (χ2v) is 10.1. The number of imidazole rings is 1. The van der Waals surface area contributed by atoms with Gasteiger partial charge in [0.25, 0.3) is 0 Å². The van der Waals surface area contributed by atoms with Crippen LogP contribution in [0.5, 0.6) is 0 Å². The summed E-state index contributed by atoms with van der Waals surface area (Å²) < 4.78 is 8.61. The Labute approximate surface area is 224 Å². The highest BCUT2D eigenvalue weighted by molar-refractivity contribution is 6.11. The molecule has 4 heteroatoms. The number of anilines is 3. The fourth-order valence-corrected chi connectivity index (χ4v) is 6.15. The number of rotatable bonds is 1. The number of hydrogen-bond donors (Lipinski definition) is 0. The topological polar surface area (TPSA) is 34.2 Å². The molecule has 182 valence electrons. The van der Waals surface area contributed by atoms with Gasteiger partial charge in [0.05, 0.1) is 22.4 Å².